The molecular formula is C27H26N6O. The van der Waals surface area contributed by atoms with Crippen LogP contribution in [-0.2, 0) is 10.2 Å². The highest BCUT2D eigenvalue weighted by Crippen LogP contribution is 2.65. The Morgan fingerprint density at radius 3 is 2.71 bits per heavy atom. The van der Waals surface area contributed by atoms with Crippen LogP contribution in [0.5, 0.6) is 0 Å². The summed E-state index contributed by atoms with van der Waals surface area (Å²) in [5, 5.41) is 12.0. The first-order chi connectivity index (χ1) is 16.6. The van der Waals surface area contributed by atoms with Crippen LogP contribution in [0, 0.1) is 0 Å². The molecule has 7 nitrogen and oxygen atoms in total. The molecule has 2 aromatic heterocycles. The van der Waals surface area contributed by atoms with E-state index < -0.39 is 5.41 Å². The molecule has 2 aromatic carbocycles. The third-order valence-corrected chi connectivity index (χ3v) is 7.86. The third-order valence-electron chi connectivity index (χ3n) is 7.86. The van der Waals surface area contributed by atoms with Crippen molar-refractivity contribution in [3.8, 4) is 11.3 Å². The van der Waals surface area contributed by atoms with Crippen LogP contribution in [0.25, 0.3) is 22.2 Å². The second-order valence-electron chi connectivity index (χ2n) is 9.80. The number of para-hydroxylation sites is 1. The van der Waals surface area contributed by atoms with Gasteiger partial charge in [0.15, 0.2) is 0 Å². The summed E-state index contributed by atoms with van der Waals surface area (Å²) >= 11 is 0. The minimum absolute atomic E-state index is 0.121. The van der Waals surface area contributed by atoms with Crippen molar-refractivity contribution in [3.05, 3.63) is 71.9 Å². The lowest BCUT2D eigenvalue weighted by Gasteiger charge is -2.33. The number of pyridine rings is 1. The highest BCUT2D eigenvalue weighted by Gasteiger charge is 2.65. The molecule has 2 unspecified atom stereocenters. The van der Waals surface area contributed by atoms with Crippen LogP contribution < -0.4 is 10.2 Å². The van der Waals surface area contributed by atoms with Gasteiger partial charge in [0, 0.05) is 54.9 Å². The number of nitrogens with one attached hydrogen (secondary N) is 2. The Balaban J connectivity index is 1.16. The van der Waals surface area contributed by atoms with Gasteiger partial charge in [-0.3, -0.25) is 9.89 Å². The molecule has 1 spiro atoms. The predicted molar refractivity (Wildman–Crippen MR) is 133 cm³/mol. The van der Waals surface area contributed by atoms with E-state index in [2.05, 4.69) is 68.8 Å². The fourth-order valence-electron chi connectivity index (χ4n) is 5.77. The Hall–Kier alpha value is -3.71. The first-order valence-corrected chi connectivity index (χ1v) is 11.9. The molecule has 0 radical (unpaired) electrons. The molecule has 0 bridgehead atoms. The van der Waals surface area contributed by atoms with Crippen LogP contribution in [0.4, 0.5) is 11.5 Å². The van der Waals surface area contributed by atoms with Crippen LogP contribution in [0.3, 0.4) is 0 Å². The van der Waals surface area contributed by atoms with Crippen molar-refractivity contribution < 1.29 is 4.79 Å². The Kier molecular flexibility index (Phi) is 4.14. The number of hydrogen-bond donors (Lipinski definition) is 2. The zero-order valence-electron chi connectivity index (χ0n) is 19.1. The van der Waals surface area contributed by atoms with Crippen molar-refractivity contribution in [2.45, 2.75) is 17.8 Å². The molecule has 2 fully saturated rings. The van der Waals surface area contributed by atoms with E-state index in [1.54, 1.807) is 0 Å². The Labute approximate surface area is 197 Å². The lowest BCUT2D eigenvalue weighted by atomic mass is 9.92. The Bertz CT molecular complexity index is 1420. The van der Waals surface area contributed by atoms with Crippen molar-refractivity contribution in [3.63, 3.8) is 0 Å². The van der Waals surface area contributed by atoms with E-state index in [0.717, 1.165) is 71.8 Å². The second kappa shape index (κ2) is 7.14. The van der Waals surface area contributed by atoms with Gasteiger partial charge in [-0.1, -0.05) is 30.3 Å². The van der Waals surface area contributed by atoms with E-state index in [4.69, 9.17) is 4.98 Å². The second-order valence-corrected chi connectivity index (χ2v) is 9.80. The first-order valence-electron chi connectivity index (χ1n) is 11.9. The maximum Gasteiger partial charge on any atom is 0.235 e. The number of fused-ring (bicyclic) bond motifs is 3. The fraction of sp³-hybridized carbons (Fsp3) is 0.296. The Morgan fingerprint density at radius 1 is 1.03 bits per heavy atom. The summed E-state index contributed by atoms with van der Waals surface area (Å²) < 4.78 is 0. The highest BCUT2D eigenvalue weighted by atomic mass is 16.2. The van der Waals surface area contributed by atoms with Gasteiger partial charge in [0.2, 0.25) is 5.91 Å². The van der Waals surface area contributed by atoms with Gasteiger partial charge in [-0.15, -0.1) is 0 Å². The van der Waals surface area contributed by atoms with Gasteiger partial charge in [0.25, 0.3) is 0 Å². The molecule has 2 N–H and O–H groups in total. The van der Waals surface area contributed by atoms with Crippen molar-refractivity contribution in [1.82, 2.24) is 20.1 Å². The van der Waals surface area contributed by atoms with Crippen LogP contribution in [-0.4, -0.2) is 59.2 Å². The van der Waals surface area contributed by atoms with E-state index in [1.165, 1.54) is 5.56 Å². The largest absolute Gasteiger partial charge is 0.354 e. The topological polar surface area (TPSA) is 77.1 Å². The molecule has 1 amide bonds. The summed E-state index contributed by atoms with van der Waals surface area (Å²) in [7, 11) is 2.16. The number of hydrogen-bond acceptors (Lipinski definition) is 5. The van der Waals surface area contributed by atoms with Crippen LogP contribution in [0.1, 0.15) is 23.5 Å². The highest BCUT2D eigenvalue weighted by molar-refractivity contribution is 6.10. The molecule has 7 rings (SSSR count). The quantitative estimate of drug-likeness (QED) is 0.497. The molecular weight excluding hydrogens is 424 g/mol. The van der Waals surface area contributed by atoms with Gasteiger partial charge >= 0.3 is 0 Å². The number of amides is 1. The first kappa shape index (κ1) is 19.7. The van der Waals surface area contributed by atoms with E-state index in [9.17, 15) is 4.79 Å². The fourth-order valence-corrected chi connectivity index (χ4v) is 5.77. The standard InChI is InChI=1S/C27H26N6O/c1-32-10-12-33(13-11-32)24-9-7-18(16-28-24)25-19-8-6-17(14-23(19)30-31-25)21-15-27(21)20-4-2-3-5-22(20)29-26(27)34/h2-9,14,16,21H,10-13,15H2,1H3,(H,29,34)(H,30,31). The maximum atomic E-state index is 12.9. The number of piperazine rings is 1. The van der Waals surface area contributed by atoms with Crippen molar-refractivity contribution >= 4 is 28.3 Å². The number of carbonyl (C=O) groups excluding carboxylic acids is 1. The zero-order chi connectivity index (χ0) is 22.9. The van der Waals surface area contributed by atoms with Crippen molar-refractivity contribution in [2.75, 3.05) is 43.4 Å². The van der Waals surface area contributed by atoms with E-state index >= 15 is 0 Å². The smallest absolute Gasteiger partial charge is 0.235 e. The summed E-state index contributed by atoms with van der Waals surface area (Å²) in [6, 6.07) is 18.7. The average molecular weight is 451 g/mol. The number of rotatable bonds is 3. The summed E-state index contributed by atoms with van der Waals surface area (Å²) in [5.41, 5.74) is 5.74. The van der Waals surface area contributed by atoms with Crippen LogP contribution in [0.2, 0.25) is 0 Å². The average Bonchev–Trinajstić information content (AvgIpc) is 3.39. The SMILES string of the molecule is CN1CCN(c2ccc(-c3n[nH]c4cc(C5CC56C(=O)Nc5ccccc56)ccc34)cn2)CC1. The predicted octanol–water partition coefficient (Wildman–Crippen LogP) is 3.75. The molecule has 1 saturated carbocycles. The van der Waals surface area contributed by atoms with Crippen molar-refractivity contribution in [1.29, 1.82) is 0 Å². The van der Waals surface area contributed by atoms with E-state index in [-0.39, 0.29) is 11.8 Å². The molecule has 1 saturated heterocycles. The van der Waals surface area contributed by atoms with E-state index in [1.807, 2.05) is 24.4 Å². The summed E-state index contributed by atoms with van der Waals surface area (Å²) in [6.07, 6.45) is 2.77. The monoisotopic (exact) mass is 450 g/mol. The zero-order valence-corrected chi connectivity index (χ0v) is 19.1. The van der Waals surface area contributed by atoms with Gasteiger partial charge in [-0.05, 0) is 48.9 Å². The molecule has 2 atom stereocenters. The molecule has 2 aliphatic heterocycles. The number of likely N-dealkylation sites (N-methyl/N-ethyl adjacent to an activating group) is 1. The van der Waals surface area contributed by atoms with Gasteiger partial charge in [-0.2, -0.15) is 5.10 Å². The van der Waals surface area contributed by atoms with Gasteiger partial charge in [-0.25, -0.2) is 4.98 Å². The number of nitrogens with zero attached hydrogens (tertiary/aromatic N) is 4. The molecule has 7 heteroatoms. The van der Waals surface area contributed by atoms with E-state index in [0.29, 0.717) is 0 Å². The number of benzene rings is 2. The van der Waals surface area contributed by atoms with Crippen LogP contribution in [0.15, 0.2) is 60.8 Å². The van der Waals surface area contributed by atoms with Gasteiger partial charge < -0.3 is 15.1 Å². The molecule has 34 heavy (non-hydrogen) atoms. The summed E-state index contributed by atoms with van der Waals surface area (Å²) in [5.74, 6) is 1.33. The number of aromatic amines is 1. The normalized spacial score (nSPS) is 24.0. The molecule has 170 valence electrons. The number of anilines is 2. The maximum absolute atomic E-state index is 12.9. The lowest BCUT2D eigenvalue weighted by Crippen LogP contribution is -2.44. The molecule has 1 aliphatic carbocycles. The number of aromatic nitrogens is 3. The minimum Gasteiger partial charge on any atom is -0.354 e. The summed E-state index contributed by atoms with van der Waals surface area (Å²) in [4.78, 5) is 22.3. The molecule has 4 heterocycles. The molecule has 4 aromatic rings. The van der Waals surface area contributed by atoms with Gasteiger partial charge in [0.05, 0.1) is 10.9 Å². The molecule has 3 aliphatic rings. The number of H-pyrrole nitrogens is 1. The summed E-state index contributed by atoms with van der Waals surface area (Å²) in [6.45, 7) is 4.13. The van der Waals surface area contributed by atoms with Crippen molar-refractivity contribution in [2.24, 2.45) is 0 Å². The lowest BCUT2D eigenvalue weighted by molar-refractivity contribution is -0.118. The Morgan fingerprint density at radius 2 is 1.88 bits per heavy atom. The minimum atomic E-state index is -0.421. The van der Waals surface area contributed by atoms with Gasteiger partial charge in [0.1, 0.15) is 11.5 Å². The third kappa shape index (κ3) is 2.83. The van der Waals surface area contributed by atoms with Crippen LogP contribution >= 0.6 is 0 Å². The number of carbonyl (C=O) groups is 1.